The molecule has 1 atom stereocenters. The molecule has 3 aromatic rings. The summed E-state index contributed by atoms with van der Waals surface area (Å²) < 4.78 is 13.6. The maximum atomic E-state index is 13.7. The first kappa shape index (κ1) is 28.2. The Morgan fingerprint density at radius 2 is 1.63 bits per heavy atom. The summed E-state index contributed by atoms with van der Waals surface area (Å²) in [6, 6.07) is 23.1. The van der Waals surface area contributed by atoms with E-state index in [9.17, 15) is 14.0 Å². The van der Waals surface area contributed by atoms with Gasteiger partial charge in [-0.15, -0.1) is 11.8 Å². The molecule has 200 valence electrons. The predicted molar refractivity (Wildman–Crippen MR) is 153 cm³/mol. The van der Waals surface area contributed by atoms with Crippen molar-refractivity contribution >= 4 is 35.2 Å². The molecule has 0 spiro atoms. The maximum Gasteiger partial charge on any atom is 0.243 e. The maximum absolute atomic E-state index is 13.7. The Kier molecular flexibility index (Phi) is 10.6. The van der Waals surface area contributed by atoms with Crippen molar-refractivity contribution < 1.29 is 14.0 Å². The second kappa shape index (κ2) is 14.4. The third kappa shape index (κ3) is 8.60. The number of hydrogen-bond acceptors (Lipinski definition) is 3. The third-order valence-corrected chi connectivity index (χ3v) is 8.21. The quantitative estimate of drug-likeness (QED) is 0.193. The van der Waals surface area contributed by atoms with E-state index in [1.54, 1.807) is 28.8 Å². The van der Waals surface area contributed by atoms with Crippen LogP contribution in [0.15, 0.2) is 83.8 Å². The van der Waals surface area contributed by atoms with Gasteiger partial charge >= 0.3 is 0 Å². The fourth-order valence-corrected chi connectivity index (χ4v) is 5.77. The van der Waals surface area contributed by atoms with Gasteiger partial charge in [-0.1, -0.05) is 66.9 Å². The van der Waals surface area contributed by atoms with E-state index in [1.165, 1.54) is 12.1 Å². The van der Waals surface area contributed by atoms with Crippen molar-refractivity contribution in [2.24, 2.45) is 0 Å². The predicted octanol–water partition coefficient (Wildman–Crippen LogP) is 7.05. The van der Waals surface area contributed by atoms with Gasteiger partial charge in [-0.05, 0) is 72.5 Å². The molecule has 0 saturated heterocycles. The van der Waals surface area contributed by atoms with Gasteiger partial charge in [0.2, 0.25) is 11.8 Å². The summed E-state index contributed by atoms with van der Waals surface area (Å²) in [6.07, 6.45) is 5.58. The van der Waals surface area contributed by atoms with Gasteiger partial charge in [-0.3, -0.25) is 9.59 Å². The van der Waals surface area contributed by atoms with Crippen LogP contribution >= 0.6 is 23.4 Å². The van der Waals surface area contributed by atoms with Crippen LogP contribution in [0.5, 0.6) is 0 Å². The lowest BCUT2D eigenvalue weighted by molar-refractivity contribution is -0.141. The van der Waals surface area contributed by atoms with Crippen LogP contribution in [0.1, 0.15) is 49.7 Å². The number of rotatable bonds is 12. The SMILES string of the molecule is O=C(NC1CCCC1)C(Cc1ccccc1)N(Cc1ccc(F)cc1)C(=O)CCCSc1ccc(Cl)cc1. The lowest BCUT2D eigenvalue weighted by atomic mass is 10.0. The molecule has 0 aromatic heterocycles. The van der Waals surface area contributed by atoms with E-state index in [2.05, 4.69) is 5.32 Å². The number of thioether (sulfide) groups is 1. The number of amides is 2. The Hall–Kier alpha value is -2.83. The Morgan fingerprint density at radius 1 is 0.947 bits per heavy atom. The van der Waals surface area contributed by atoms with Crippen molar-refractivity contribution in [2.45, 2.75) is 68.5 Å². The molecule has 0 heterocycles. The molecule has 4 rings (SSSR count). The molecule has 1 aliphatic rings. The van der Waals surface area contributed by atoms with Gasteiger partial charge in [0.05, 0.1) is 0 Å². The highest BCUT2D eigenvalue weighted by atomic mass is 35.5. The van der Waals surface area contributed by atoms with Crippen LogP contribution in [0.25, 0.3) is 0 Å². The molecular formula is C31H34ClFN2O2S. The number of halogens is 2. The summed E-state index contributed by atoms with van der Waals surface area (Å²) in [7, 11) is 0. The van der Waals surface area contributed by atoms with Crippen molar-refractivity contribution in [3.05, 3.63) is 101 Å². The standard InChI is InChI=1S/C31H34ClFN2O2S/c32-25-14-18-28(19-15-25)38-20-6-11-30(36)35(22-24-12-16-26(33)17-13-24)29(21-23-7-2-1-3-8-23)31(37)34-27-9-4-5-10-27/h1-3,7-8,12-19,27,29H,4-6,9-11,20-22H2,(H,34,37). The van der Waals surface area contributed by atoms with Gasteiger partial charge in [0, 0.05) is 35.3 Å². The zero-order valence-electron chi connectivity index (χ0n) is 21.5. The Balaban J connectivity index is 1.50. The van der Waals surface area contributed by atoms with E-state index in [0.29, 0.717) is 24.3 Å². The summed E-state index contributed by atoms with van der Waals surface area (Å²) >= 11 is 7.65. The molecular weight excluding hydrogens is 519 g/mol. The van der Waals surface area contributed by atoms with Crippen molar-refractivity contribution in [1.29, 1.82) is 0 Å². The largest absolute Gasteiger partial charge is 0.352 e. The van der Waals surface area contributed by atoms with Crippen LogP contribution in [0, 0.1) is 5.82 Å². The van der Waals surface area contributed by atoms with E-state index >= 15 is 0 Å². The monoisotopic (exact) mass is 552 g/mol. The molecule has 38 heavy (non-hydrogen) atoms. The molecule has 0 radical (unpaired) electrons. The molecule has 1 aliphatic carbocycles. The second-order valence-electron chi connectivity index (χ2n) is 9.75. The van der Waals surface area contributed by atoms with Crippen molar-refractivity contribution in [2.75, 3.05) is 5.75 Å². The van der Waals surface area contributed by atoms with Gasteiger partial charge in [0.1, 0.15) is 11.9 Å². The van der Waals surface area contributed by atoms with Crippen molar-refractivity contribution in [3.8, 4) is 0 Å². The summed E-state index contributed by atoms with van der Waals surface area (Å²) in [5, 5.41) is 3.91. The van der Waals surface area contributed by atoms with Gasteiger partial charge < -0.3 is 10.2 Å². The molecule has 1 saturated carbocycles. The van der Waals surface area contributed by atoms with Gasteiger partial charge in [-0.25, -0.2) is 4.39 Å². The zero-order valence-corrected chi connectivity index (χ0v) is 23.0. The Bertz CT molecular complexity index is 1170. The van der Waals surface area contributed by atoms with Crippen LogP contribution < -0.4 is 5.32 Å². The normalized spacial score (nSPS) is 14.3. The third-order valence-electron chi connectivity index (χ3n) is 6.86. The highest BCUT2D eigenvalue weighted by Gasteiger charge is 2.31. The topological polar surface area (TPSA) is 49.4 Å². The van der Waals surface area contributed by atoms with Gasteiger partial charge in [-0.2, -0.15) is 0 Å². The van der Waals surface area contributed by atoms with Crippen LogP contribution in [0.4, 0.5) is 4.39 Å². The molecule has 2 amide bonds. The fraction of sp³-hybridized carbons (Fsp3) is 0.355. The minimum Gasteiger partial charge on any atom is -0.352 e. The minimum absolute atomic E-state index is 0.0754. The van der Waals surface area contributed by atoms with Crippen molar-refractivity contribution in [3.63, 3.8) is 0 Å². The molecule has 3 aromatic carbocycles. The number of benzene rings is 3. The van der Waals surface area contributed by atoms with E-state index in [0.717, 1.165) is 47.5 Å². The average molecular weight is 553 g/mol. The summed E-state index contributed by atoms with van der Waals surface area (Å²) in [4.78, 5) is 30.1. The first-order valence-corrected chi connectivity index (χ1v) is 14.6. The number of hydrogen-bond donors (Lipinski definition) is 1. The van der Waals surface area contributed by atoms with Gasteiger partial charge in [0.15, 0.2) is 0 Å². The summed E-state index contributed by atoms with van der Waals surface area (Å²) in [6.45, 7) is 0.249. The first-order chi connectivity index (χ1) is 18.5. The molecule has 1 N–H and O–H groups in total. The molecule has 1 fully saturated rings. The average Bonchev–Trinajstić information content (AvgIpc) is 3.44. The molecule has 0 bridgehead atoms. The lowest BCUT2D eigenvalue weighted by Crippen LogP contribution is -2.52. The summed E-state index contributed by atoms with van der Waals surface area (Å²) in [5.74, 6) is 0.251. The Labute approximate surface area is 234 Å². The molecule has 0 aliphatic heterocycles. The van der Waals surface area contributed by atoms with Crippen LogP contribution in [-0.4, -0.2) is 34.6 Å². The van der Waals surface area contributed by atoms with Gasteiger partial charge in [0.25, 0.3) is 0 Å². The highest BCUT2D eigenvalue weighted by Crippen LogP contribution is 2.23. The molecule has 7 heteroatoms. The first-order valence-electron chi connectivity index (χ1n) is 13.2. The van der Waals surface area contributed by atoms with Crippen LogP contribution in [0.2, 0.25) is 5.02 Å². The lowest BCUT2D eigenvalue weighted by Gasteiger charge is -2.32. The fourth-order valence-electron chi connectivity index (χ4n) is 4.80. The molecule has 4 nitrogen and oxygen atoms in total. The van der Waals surface area contributed by atoms with E-state index < -0.39 is 6.04 Å². The smallest absolute Gasteiger partial charge is 0.243 e. The highest BCUT2D eigenvalue weighted by molar-refractivity contribution is 7.99. The number of carbonyl (C=O) groups is 2. The zero-order chi connectivity index (χ0) is 26.7. The van der Waals surface area contributed by atoms with Crippen LogP contribution in [0.3, 0.4) is 0 Å². The van der Waals surface area contributed by atoms with Crippen molar-refractivity contribution in [1.82, 2.24) is 10.2 Å². The number of nitrogens with one attached hydrogen (secondary N) is 1. The number of nitrogens with zero attached hydrogens (tertiary/aromatic N) is 1. The van der Waals surface area contributed by atoms with E-state index in [4.69, 9.17) is 11.6 Å². The molecule has 1 unspecified atom stereocenters. The van der Waals surface area contributed by atoms with E-state index in [1.807, 2.05) is 54.6 Å². The number of carbonyl (C=O) groups excluding carboxylic acids is 2. The minimum atomic E-state index is -0.653. The van der Waals surface area contributed by atoms with E-state index in [-0.39, 0.29) is 30.2 Å². The Morgan fingerprint density at radius 3 is 2.32 bits per heavy atom. The summed E-state index contributed by atoms with van der Waals surface area (Å²) in [5.41, 5.74) is 1.79. The van der Waals surface area contributed by atoms with Crippen LogP contribution in [-0.2, 0) is 22.6 Å². The second-order valence-corrected chi connectivity index (χ2v) is 11.4.